The third-order valence-electron chi connectivity index (χ3n) is 7.97. The number of piperazine rings is 1. The zero-order valence-electron chi connectivity index (χ0n) is 18.8. The molecule has 1 aliphatic heterocycles. The summed E-state index contributed by atoms with van der Waals surface area (Å²) in [4.78, 5) is 4.15. The standard InChI is InChI=1S/C24H35F3N2O2/c1-22(2)18-7-8-23(3,14-18)21(22)31-16-20(30)15-28-9-11-29(12-10-28)19-6-4-5-17(13-19)24(25,26)27/h4-6,13,18,20-21,30H,7-12,14-16H2,1-3H3/t18-,20-,21-,23-/m1/s1. The van der Waals surface area contributed by atoms with Gasteiger partial charge in [-0.3, -0.25) is 4.90 Å². The fourth-order valence-corrected chi connectivity index (χ4v) is 6.30. The largest absolute Gasteiger partial charge is 0.416 e. The molecule has 1 aromatic carbocycles. The molecule has 0 spiro atoms. The van der Waals surface area contributed by atoms with Gasteiger partial charge >= 0.3 is 6.18 Å². The molecule has 0 radical (unpaired) electrons. The second-order valence-electron chi connectivity index (χ2n) is 10.6. The molecule has 4 rings (SSSR count). The van der Waals surface area contributed by atoms with E-state index in [1.165, 1.54) is 31.4 Å². The van der Waals surface area contributed by atoms with E-state index in [-0.39, 0.29) is 16.9 Å². The van der Waals surface area contributed by atoms with E-state index in [1.807, 2.05) is 4.90 Å². The second kappa shape index (κ2) is 8.23. The Kier molecular flexibility index (Phi) is 6.07. The minimum absolute atomic E-state index is 0.156. The summed E-state index contributed by atoms with van der Waals surface area (Å²) < 4.78 is 45.2. The lowest BCUT2D eigenvalue weighted by atomic mass is 9.70. The molecule has 1 aromatic rings. The van der Waals surface area contributed by atoms with Crippen molar-refractivity contribution >= 4 is 5.69 Å². The first-order chi connectivity index (χ1) is 14.5. The van der Waals surface area contributed by atoms with Crippen molar-refractivity contribution in [3.8, 4) is 0 Å². The molecule has 2 aliphatic carbocycles. The summed E-state index contributed by atoms with van der Waals surface area (Å²) in [6.07, 6.45) is -0.990. The van der Waals surface area contributed by atoms with Gasteiger partial charge in [0, 0.05) is 38.4 Å². The van der Waals surface area contributed by atoms with Crippen LogP contribution < -0.4 is 4.90 Å². The molecule has 3 aliphatic rings. The molecule has 4 atom stereocenters. The molecule has 0 aromatic heterocycles. The molecular formula is C24H35F3N2O2. The van der Waals surface area contributed by atoms with Crippen molar-refractivity contribution in [3.63, 3.8) is 0 Å². The van der Waals surface area contributed by atoms with Crippen LogP contribution in [0.4, 0.5) is 18.9 Å². The number of alkyl halides is 3. The molecule has 174 valence electrons. The van der Waals surface area contributed by atoms with Crippen LogP contribution in [-0.2, 0) is 10.9 Å². The molecule has 1 saturated heterocycles. The monoisotopic (exact) mass is 440 g/mol. The maximum atomic E-state index is 13.0. The predicted octanol–water partition coefficient (Wildman–Crippen LogP) is 4.42. The summed E-state index contributed by atoms with van der Waals surface area (Å²) in [6.45, 7) is 10.5. The Labute approximate surface area is 183 Å². The van der Waals surface area contributed by atoms with Crippen molar-refractivity contribution in [2.24, 2.45) is 16.7 Å². The van der Waals surface area contributed by atoms with E-state index in [2.05, 4.69) is 25.7 Å². The van der Waals surface area contributed by atoms with Gasteiger partial charge in [-0.15, -0.1) is 0 Å². The summed E-state index contributed by atoms with van der Waals surface area (Å²) in [5.41, 5.74) is 0.371. The third-order valence-corrected chi connectivity index (χ3v) is 7.97. The number of nitrogens with zero attached hydrogens (tertiary/aromatic N) is 2. The second-order valence-corrected chi connectivity index (χ2v) is 10.6. The van der Waals surface area contributed by atoms with E-state index in [0.717, 1.165) is 6.07 Å². The van der Waals surface area contributed by atoms with E-state index < -0.39 is 17.8 Å². The fraction of sp³-hybridized carbons (Fsp3) is 0.750. The van der Waals surface area contributed by atoms with Crippen LogP contribution in [0.15, 0.2) is 24.3 Å². The van der Waals surface area contributed by atoms with Gasteiger partial charge in [0.15, 0.2) is 0 Å². The highest BCUT2D eigenvalue weighted by Gasteiger charge is 2.60. The number of aliphatic hydroxyl groups is 1. The Morgan fingerprint density at radius 3 is 2.48 bits per heavy atom. The minimum Gasteiger partial charge on any atom is -0.389 e. The van der Waals surface area contributed by atoms with Crippen molar-refractivity contribution in [1.29, 1.82) is 0 Å². The van der Waals surface area contributed by atoms with Crippen LogP contribution >= 0.6 is 0 Å². The van der Waals surface area contributed by atoms with E-state index in [4.69, 9.17) is 4.74 Å². The zero-order valence-corrected chi connectivity index (χ0v) is 18.8. The molecule has 2 bridgehead atoms. The molecular weight excluding hydrogens is 405 g/mol. The highest BCUT2D eigenvalue weighted by molar-refractivity contribution is 5.49. The first-order valence-electron chi connectivity index (χ1n) is 11.4. The first kappa shape index (κ1) is 22.9. The number of benzene rings is 1. The Hall–Kier alpha value is -1.31. The van der Waals surface area contributed by atoms with Gasteiger partial charge in [0.2, 0.25) is 0 Å². The van der Waals surface area contributed by atoms with Crippen LogP contribution in [0.2, 0.25) is 0 Å². The number of fused-ring (bicyclic) bond motifs is 2. The number of β-amino-alcohol motifs (C(OH)–C–C–N with tert-alkyl or cyclic N) is 1. The molecule has 7 heteroatoms. The molecule has 0 unspecified atom stereocenters. The Morgan fingerprint density at radius 2 is 1.87 bits per heavy atom. The van der Waals surface area contributed by atoms with Gasteiger partial charge in [-0.2, -0.15) is 13.2 Å². The number of anilines is 1. The highest BCUT2D eigenvalue weighted by Crippen LogP contribution is 2.63. The van der Waals surface area contributed by atoms with Crippen molar-refractivity contribution in [1.82, 2.24) is 4.90 Å². The van der Waals surface area contributed by atoms with E-state index >= 15 is 0 Å². The van der Waals surface area contributed by atoms with Crippen molar-refractivity contribution < 1.29 is 23.0 Å². The highest BCUT2D eigenvalue weighted by atomic mass is 19.4. The lowest BCUT2D eigenvalue weighted by Crippen LogP contribution is -2.50. The lowest BCUT2D eigenvalue weighted by Gasteiger charge is -2.43. The van der Waals surface area contributed by atoms with Crippen molar-refractivity contribution in [3.05, 3.63) is 29.8 Å². The van der Waals surface area contributed by atoms with Crippen molar-refractivity contribution in [2.45, 2.75) is 58.4 Å². The van der Waals surface area contributed by atoms with Crippen LogP contribution in [0.1, 0.15) is 45.6 Å². The average molecular weight is 441 g/mol. The van der Waals surface area contributed by atoms with Gasteiger partial charge in [-0.25, -0.2) is 0 Å². The zero-order chi connectivity index (χ0) is 22.4. The van der Waals surface area contributed by atoms with E-state index in [0.29, 0.717) is 50.9 Å². The normalized spacial score (nSPS) is 31.9. The summed E-state index contributed by atoms with van der Waals surface area (Å²) in [7, 11) is 0. The smallest absolute Gasteiger partial charge is 0.389 e. The van der Waals surface area contributed by atoms with Crippen LogP contribution in [0.3, 0.4) is 0 Å². The maximum absolute atomic E-state index is 13.0. The van der Waals surface area contributed by atoms with Crippen LogP contribution in [0.25, 0.3) is 0 Å². The maximum Gasteiger partial charge on any atom is 0.416 e. The van der Waals surface area contributed by atoms with Crippen molar-refractivity contribution in [2.75, 3.05) is 44.2 Å². The van der Waals surface area contributed by atoms with Gasteiger partial charge in [0.05, 0.1) is 24.4 Å². The number of ether oxygens (including phenoxy) is 1. The summed E-state index contributed by atoms with van der Waals surface area (Å²) in [5, 5.41) is 10.6. The van der Waals surface area contributed by atoms with Crippen LogP contribution in [0.5, 0.6) is 0 Å². The number of hydrogen-bond acceptors (Lipinski definition) is 4. The summed E-state index contributed by atoms with van der Waals surface area (Å²) in [5.74, 6) is 0.712. The predicted molar refractivity (Wildman–Crippen MR) is 115 cm³/mol. The average Bonchev–Trinajstić information content (AvgIpc) is 3.19. The summed E-state index contributed by atoms with van der Waals surface area (Å²) in [6, 6.07) is 5.51. The number of aliphatic hydroxyl groups excluding tert-OH is 1. The number of hydrogen-bond donors (Lipinski definition) is 1. The number of rotatable bonds is 6. The molecule has 3 fully saturated rings. The molecule has 1 N–H and O–H groups in total. The van der Waals surface area contributed by atoms with Gasteiger partial charge in [-0.05, 0) is 54.2 Å². The molecule has 31 heavy (non-hydrogen) atoms. The van der Waals surface area contributed by atoms with Gasteiger partial charge in [0.1, 0.15) is 0 Å². The van der Waals surface area contributed by atoms with Crippen LogP contribution in [0, 0.1) is 16.7 Å². The lowest BCUT2D eigenvalue weighted by molar-refractivity contribution is -0.137. The Bertz CT molecular complexity index is 772. The number of halogens is 3. The third kappa shape index (κ3) is 4.60. The van der Waals surface area contributed by atoms with Gasteiger partial charge in [-0.1, -0.05) is 26.8 Å². The fourth-order valence-electron chi connectivity index (χ4n) is 6.30. The minimum atomic E-state index is -4.33. The Balaban J connectivity index is 1.25. The molecule has 4 nitrogen and oxygen atoms in total. The van der Waals surface area contributed by atoms with Gasteiger partial charge < -0.3 is 14.7 Å². The van der Waals surface area contributed by atoms with E-state index in [9.17, 15) is 18.3 Å². The SMILES string of the molecule is CC1(C)[C@@H]2CC[C@](C)(C2)[C@@H]1OC[C@H](O)CN1CCN(c2cccc(C(F)(F)F)c2)CC1. The van der Waals surface area contributed by atoms with Crippen LogP contribution in [-0.4, -0.2) is 61.5 Å². The summed E-state index contributed by atoms with van der Waals surface area (Å²) >= 11 is 0. The molecule has 1 heterocycles. The quantitative estimate of drug-likeness (QED) is 0.711. The Morgan fingerprint density at radius 1 is 1.16 bits per heavy atom. The molecule has 0 amide bonds. The van der Waals surface area contributed by atoms with E-state index in [1.54, 1.807) is 6.07 Å². The topological polar surface area (TPSA) is 35.9 Å². The first-order valence-corrected chi connectivity index (χ1v) is 11.4. The van der Waals surface area contributed by atoms with Gasteiger partial charge in [0.25, 0.3) is 0 Å². The molecule has 2 saturated carbocycles.